The molecule has 110 valence electrons. The van der Waals surface area contributed by atoms with Gasteiger partial charge in [-0.2, -0.15) is 0 Å². The summed E-state index contributed by atoms with van der Waals surface area (Å²) >= 11 is 1.63. The van der Waals surface area contributed by atoms with Gasteiger partial charge in [0.25, 0.3) is 5.56 Å². The molecule has 5 heteroatoms. The second-order valence-electron chi connectivity index (χ2n) is 4.72. The van der Waals surface area contributed by atoms with Crippen LogP contribution in [0.3, 0.4) is 0 Å². The molecule has 0 saturated heterocycles. The summed E-state index contributed by atoms with van der Waals surface area (Å²) in [7, 11) is 0. The van der Waals surface area contributed by atoms with Gasteiger partial charge in [-0.05, 0) is 36.1 Å². The molecular weight excluding hydrogens is 296 g/mol. The molecule has 2 aromatic carbocycles. The fourth-order valence-electron chi connectivity index (χ4n) is 2.30. The summed E-state index contributed by atoms with van der Waals surface area (Å²) in [6.45, 7) is 0. The van der Waals surface area contributed by atoms with Crippen molar-refractivity contribution < 1.29 is 0 Å². The van der Waals surface area contributed by atoms with E-state index in [9.17, 15) is 9.59 Å². The van der Waals surface area contributed by atoms with E-state index in [4.69, 9.17) is 0 Å². The minimum absolute atomic E-state index is 0.402. The van der Waals surface area contributed by atoms with Crippen LogP contribution in [-0.2, 0) is 0 Å². The zero-order valence-electron chi connectivity index (χ0n) is 11.9. The zero-order valence-corrected chi connectivity index (χ0v) is 12.8. The van der Waals surface area contributed by atoms with Crippen molar-refractivity contribution in [2.24, 2.45) is 0 Å². The fourth-order valence-corrected chi connectivity index (χ4v) is 2.71. The molecular formula is C17H14N2O2S. The number of aromatic nitrogens is 2. The van der Waals surface area contributed by atoms with Crippen molar-refractivity contribution in [3.63, 3.8) is 0 Å². The SMILES string of the molecule is CSc1ccc(-n2c(-c3ccccc3)cc(=O)[nH]c2=O)cc1. The lowest BCUT2D eigenvalue weighted by molar-refractivity contribution is 0.903. The third kappa shape index (κ3) is 2.76. The Kier molecular flexibility index (Phi) is 3.98. The molecule has 0 aliphatic rings. The number of nitrogens with one attached hydrogen (secondary N) is 1. The van der Waals surface area contributed by atoms with Crippen molar-refractivity contribution in [2.75, 3.05) is 6.26 Å². The van der Waals surface area contributed by atoms with E-state index in [1.54, 1.807) is 11.8 Å². The van der Waals surface area contributed by atoms with Gasteiger partial charge in [-0.15, -0.1) is 11.8 Å². The molecule has 0 amide bonds. The Morgan fingerprint density at radius 2 is 1.64 bits per heavy atom. The van der Waals surface area contributed by atoms with E-state index in [1.807, 2.05) is 60.9 Å². The number of aromatic amines is 1. The molecule has 3 aromatic rings. The van der Waals surface area contributed by atoms with E-state index in [2.05, 4.69) is 4.98 Å². The molecule has 0 spiro atoms. The molecule has 4 nitrogen and oxygen atoms in total. The highest BCUT2D eigenvalue weighted by molar-refractivity contribution is 7.98. The van der Waals surface area contributed by atoms with Crippen LogP contribution >= 0.6 is 11.8 Å². The van der Waals surface area contributed by atoms with Crippen LogP contribution in [0.4, 0.5) is 0 Å². The van der Waals surface area contributed by atoms with Crippen molar-refractivity contribution >= 4 is 11.8 Å². The first-order chi connectivity index (χ1) is 10.7. The van der Waals surface area contributed by atoms with Gasteiger partial charge in [-0.1, -0.05) is 30.3 Å². The smallest absolute Gasteiger partial charge is 0.274 e. The molecule has 3 rings (SSSR count). The predicted octanol–water partition coefficient (Wildman–Crippen LogP) is 2.91. The van der Waals surface area contributed by atoms with Crippen molar-refractivity contribution in [3.8, 4) is 16.9 Å². The lowest BCUT2D eigenvalue weighted by Crippen LogP contribution is -2.29. The number of rotatable bonds is 3. The zero-order chi connectivity index (χ0) is 15.5. The second kappa shape index (κ2) is 6.07. The molecule has 0 aliphatic carbocycles. The Bertz CT molecular complexity index is 896. The Balaban J connectivity index is 2.26. The van der Waals surface area contributed by atoms with E-state index in [0.29, 0.717) is 5.69 Å². The number of thioether (sulfide) groups is 1. The van der Waals surface area contributed by atoms with Gasteiger partial charge in [0.15, 0.2) is 0 Å². The molecule has 0 atom stereocenters. The van der Waals surface area contributed by atoms with Gasteiger partial charge in [-0.25, -0.2) is 4.79 Å². The summed E-state index contributed by atoms with van der Waals surface area (Å²) in [6.07, 6.45) is 2.00. The largest absolute Gasteiger partial charge is 0.333 e. The van der Waals surface area contributed by atoms with Crippen LogP contribution < -0.4 is 11.2 Å². The number of nitrogens with zero attached hydrogens (tertiary/aromatic N) is 1. The minimum atomic E-state index is -0.441. The summed E-state index contributed by atoms with van der Waals surface area (Å²) in [5.74, 6) is 0. The summed E-state index contributed by atoms with van der Waals surface area (Å²) in [5.41, 5.74) is 1.27. The van der Waals surface area contributed by atoms with Gasteiger partial charge < -0.3 is 0 Å². The first-order valence-electron chi connectivity index (χ1n) is 6.75. The molecule has 1 N–H and O–H groups in total. The van der Waals surface area contributed by atoms with Gasteiger partial charge in [-0.3, -0.25) is 14.3 Å². The maximum absolute atomic E-state index is 12.3. The first kappa shape index (κ1) is 14.4. The maximum Gasteiger partial charge on any atom is 0.333 e. The summed E-state index contributed by atoms with van der Waals surface area (Å²) in [5, 5.41) is 0. The third-order valence-corrected chi connectivity index (χ3v) is 4.09. The molecule has 1 aromatic heterocycles. The predicted molar refractivity (Wildman–Crippen MR) is 89.9 cm³/mol. The van der Waals surface area contributed by atoms with Crippen molar-refractivity contribution in [2.45, 2.75) is 4.90 Å². The monoisotopic (exact) mass is 310 g/mol. The second-order valence-corrected chi connectivity index (χ2v) is 5.60. The molecule has 0 saturated carbocycles. The van der Waals surface area contributed by atoms with Gasteiger partial charge in [0, 0.05) is 11.0 Å². The van der Waals surface area contributed by atoms with Gasteiger partial charge in [0.1, 0.15) is 0 Å². The van der Waals surface area contributed by atoms with E-state index in [-0.39, 0.29) is 0 Å². The molecule has 0 unspecified atom stereocenters. The topological polar surface area (TPSA) is 54.9 Å². The highest BCUT2D eigenvalue weighted by atomic mass is 32.2. The van der Waals surface area contributed by atoms with Crippen LogP contribution in [-0.4, -0.2) is 15.8 Å². The molecule has 1 heterocycles. The Hall–Kier alpha value is -2.53. The quantitative estimate of drug-likeness (QED) is 0.757. The number of hydrogen-bond donors (Lipinski definition) is 1. The van der Waals surface area contributed by atoms with Gasteiger partial charge in [0.2, 0.25) is 0 Å². The Morgan fingerprint density at radius 1 is 0.955 bits per heavy atom. The molecule has 0 bridgehead atoms. The Labute approximate surface area is 131 Å². The van der Waals surface area contributed by atoms with Crippen LogP contribution in [0.2, 0.25) is 0 Å². The van der Waals surface area contributed by atoms with Crippen LogP contribution in [0.5, 0.6) is 0 Å². The molecule has 0 radical (unpaired) electrons. The number of benzene rings is 2. The molecule has 0 aliphatic heterocycles. The molecule has 0 fully saturated rings. The van der Waals surface area contributed by atoms with Crippen molar-refractivity contribution in [1.29, 1.82) is 0 Å². The normalized spacial score (nSPS) is 10.6. The standard InChI is InChI=1S/C17H14N2O2S/c1-22-14-9-7-13(8-10-14)19-15(11-16(20)18-17(19)21)12-5-3-2-4-6-12/h2-11H,1H3,(H,18,20,21). The van der Waals surface area contributed by atoms with E-state index in [1.165, 1.54) is 10.6 Å². The lowest BCUT2D eigenvalue weighted by atomic mass is 10.1. The van der Waals surface area contributed by atoms with Crippen LogP contribution in [0, 0.1) is 0 Å². The summed E-state index contributed by atoms with van der Waals surface area (Å²) in [6, 6.07) is 18.5. The highest BCUT2D eigenvalue weighted by Gasteiger charge is 2.10. The van der Waals surface area contributed by atoms with Crippen molar-refractivity contribution in [1.82, 2.24) is 9.55 Å². The Morgan fingerprint density at radius 3 is 2.27 bits per heavy atom. The average Bonchev–Trinajstić information content (AvgIpc) is 2.55. The number of hydrogen-bond acceptors (Lipinski definition) is 3. The fraction of sp³-hybridized carbons (Fsp3) is 0.0588. The third-order valence-electron chi connectivity index (χ3n) is 3.34. The highest BCUT2D eigenvalue weighted by Crippen LogP contribution is 2.21. The minimum Gasteiger partial charge on any atom is -0.274 e. The maximum atomic E-state index is 12.3. The summed E-state index contributed by atoms with van der Waals surface area (Å²) < 4.78 is 1.51. The summed E-state index contributed by atoms with van der Waals surface area (Å²) in [4.78, 5) is 27.4. The van der Waals surface area contributed by atoms with E-state index < -0.39 is 11.2 Å². The van der Waals surface area contributed by atoms with Crippen LogP contribution in [0.15, 0.2) is 75.1 Å². The molecule has 22 heavy (non-hydrogen) atoms. The van der Waals surface area contributed by atoms with Crippen molar-refractivity contribution in [3.05, 3.63) is 81.5 Å². The van der Waals surface area contributed by atoms with Crippen LogP contribution in [0.1, 0.15) is 0 Å². The van der Waals surface area contributed by atoms with Crippen LogP contribution in [0.25, 0.3) is 16.9 Å². The number of H-pyrrole nitrogens is 1. The van der Waals surface area contributed by atoms with E-state index in [0.717, 1.165) is 16.1 Å². The van der Waals surface area contributed by atoms with Gasteiger partial charge in [0.05, 0.1) is 11.4 Å². The first-order valence-corrected chi connectivity index (χ1v) is 7.98. The lowest BCUT2D eigenvalue weighted by Gasteiger charge is -2.12. The average molecular weight is 310 g/mol. The van der Waals surface area contributed by atoms with Gasteiger partial charge >= 0.3 is 5.69 Å². The van der Waals surface area contributed by atoms with E-state index >= 15 is 0 Å².